The van der Waals surface area contributed by atoms with Crippen molar-refractivity contribution in [1.82, 2.24) is 10.2 Å². The highest BCUT2D eigenvalue weighted by atomic mass is 16.5. The molecule has 0 unspecified atom stereocenters. The van der Waals surface area contributed by atoms with Crippen LogP contribution in [0.4, 0.5) is 5.82 Å². The Morgan fingerprint density at radius 3 is 2.75 bits per heavy atom. The zero-order chi connectivity index (χ0) is 16.9. The average Bonchev–Trinajstić information content (AvgIpc) is 3.12. The molecular formula is C19H23N3O2. The summed E-state index contributed by atoms with van der Waals surface area (Å²) in [6.07, 6.45) is 2.64. The molecule has 3 rings (SSSR count). The number of aromatic nitrogens is 2. The molecule has 2 aromatic rings. The lowest BCUT2D eigenvalue weighted by Gasteiger charge is -2.24. The zero-order valence-corrected chi connectivity index (χ0v) is 14.2. The molecule has 0 saturated carbocycles. The molecule has 1 fully saturated rings. The Hall–Kier alpha value is -2.43. The third-order valence-corrected chi connectivity index (χ3v) is 4.39. The number of hydrogen-bond acceptors (Lipinski definition) is 5. The highest BCUT2D eigenvalue weighted by molar-refractivity contribution is 5.80. The van der Waals surface area contributed by atoms with Gasteiger partial charge in [-0.15, -0.1) is 10.2 Å². The van der Waals surface area contributed by atoms with E-state index in [4.69, 9.17) is 4.74 Å². The molecule has 126 valence electrons. The first-order valence-corrected chi connectivity index (χ1v) is 8.59. The minimum Gasteiger partial charge on any atom is -0.464 e. The standard InChI is InChI=1S/C19H23N3O2/c1-3-14-13-17(20-21-18(14)15-9-6-5-7-10-15)22-12-8-11-16(22)19(23)24-4-2/h5-7,9-10,13,16H,3-4,8,11-12H2,1-2H3/t16-/m0/s1. The van der Waals surface area contributed by atoms with Gasteiger partial charge in [0.05, 0.1) is 12.3 Å². The van der Waals surface area contributed by atoms with Crippen LogP contribution in [0.25, 0.3) is 11.3 Å². The van der Waals surface area contributed by atoms with Crippen LogP contribution in [-0.2, 0) is 16.0 Å². The molecule has 5 heteroatoms. The maximum Gasteiger partial charge on any atom is 0.328 e. The molecule has 0 aliphatic carbocycles. The molecule has 1 aromatic heterocycles. The van der Waals surface area contributed by atoms with Gasteiger partial charge in [-0.05, 0) is 37.8 Å². The van der Waals surface area contributed by atoms with E-state index in [0.717, 1.165) is 48.4 Å². The number of nitrogens with zero attached hydrogens (tertiary/aromatic N) is 3. The van der Waals surface area contributed by atoms with Gasteiger partial charge in [0, 0.05) is 12.1 Å². The molecule has 0 bridgehead atoms. The van der Waals surface area contributed by atoms with Crippen molar-refractivity contribution in [2.45, 2.75) is 39.2 Å². The number of esters is 1. The number of benzene rings is 1. The molecule has 1 atom stereocenters. The molecule has 0 radical (unpaired) electrons. The van der Waals surface area contributed by atoms with Crippen LogP contribution in [-0.4, -0.2) is 35.4 Å². The molecular weight excluding hydrogens is 302 g/mol. The van der Waals surface area contributed by atoms with E-state index in [2.05, 4.69) is 23.2 Å². The van der Waals surface area contributed by atoms with Gasteiger partial charge in [0.25, 0.3) is 0 Å². The largest absolute Gasteiger partial charge is 0.464 e. The van der Waals surface area contributed by atoms with E-state index >= 15 is 0 Å². The van der Waals surface area contributed by atoms with Crippen molar-refractivity contribution in [3.05, 3.63) is 42.0 Å². The summed E-state index contributed by atoms with van der Waals surface area (Å²) >= 11 is 0. The van der Waals surface area contributed by atoms with Gasteiger partial charge in [0.2, 0.25) is 0 Å². The lowest BCUT2D eigenvalue weighted by Crippen LogP contribution is -2.38. The molecule has 24 heavy (non-hydrogen) atoms. The van der Waals surface area contributed by atoms with Crippen molar-refractivity contribution >= 4 is 11.8 Å². The van der Waals surface area contributed by atoms with Gasteiger partial charge in [0.1, 0.15) is 6.04 Å². The minimum atomic E-state index is -0.244. The topological polar surface area (TPSA) is 55.3 Å². The molecule has 0 amide bonds. The lowest BCUT2D eigenvalue weighted by atomic mass is 10.0. The van der Waals surface area contributed by atoms with E-state index in [0.29, 0.717) is 6.61 Å². The summed E-state index contributed by atoms with van der Waals surface area (Å²) in [5.41, 5.74) is 3.12. The third kappa shape index (κ3) is 3.25. The molecule has 1 aromatic carbocycles. The van der Waals surface area contributed by atoms with Gasteiger partial charge in [-0.3, -0.25) is 0 Å². The van der Waals surface area contributed by atoms with Gasteiger partial charge in [-0.1, -0.05) is 37.3 Å². The van der Waals surface area contributed by atoms with Crippen molar-refractivity contribution < 1.29 is 9.53 Å². The Balaban J connectivity index is 1.91. The second kappa shape index (κ2) is 7.43. The van der Waals surface area contributed by atoms with Crippen LogP contribution in [0.2, 0.25) is 0 Å². The highest BCUT2D eigenvalue weighted by Crippen LogP contribution is 2.28. The normalized spacial score (nSPS) is 17.1. The molecule has 2 heterocycles. The van der Waals surface area contributed by atoms with Gasteiger partial charge in [0.15, 0.2) is 5.82 Å². The second-order valence-electron chi connectivity index (χ2n) is 5.90. The van der Waals surface area contributed by atoms with Crippen LogP contribution < -0.4 is 4.90 Å². The quantitative estimate of drug-likeness (QED) is 0.790. The first-order valence-electron chi connectivity index (χ1n) is 8.59. The van der Waals surface area contributed by atoms with Crippen LogP contribution in [0.3, 0.4) is 0 Å². The predicted molar refractivity (Wildman–Crippen MR) is 93.8 cm³/mol. The molecule has 5 nitrogen and oxygen atoms in total. The summed E-state index contributed by atoms with van der Waals surface area (Å²) in [6, 6.07) is 11.9. The molecule has 1 saturated heterocycles. The van der Waals surface area contributed by atoms with E-state index < -0.39 is 0 Å². The van der Waals surface area contributed by atoms with Crippen molar-refractivity contribution in [3.63, 3.8) is 0 Å². The first kappa shape index (κ1) is 16.4. The zero-order valence-electron chi connectivity index (χ0n) is 14.2. The third-order valence-electron chi connectivity index (χ3n) is 4.39. The van der Waals surface area contributed by atoms with E-state index in [-0.39, 0.29) is 12.0 Å². The monoisotopic (exact) mass is 325 g/mol. The fourth-order valence-corrected chi connectivity index (χ4v) is 3.19. The fraction of sp³-hybridized carbons (Fsp3) is 0.421. The van der Waals surface area contributed by atoms with Gasteiger partial charge >= 0.3 is 5.97 Å². The lowest BCUT2D eigenvalue weighted by molar-refractivity contribution is -0.144. The number of ether oxygens (including phenoxy) is 1. The summed E-state index contributed by atoms with van der Waals surface area (Å²) in [5.74, 6) is 0.601. The number of hydrogen-bond donors (Lipinski definition) is 0. The predicted octanol–water partition coefficient (Wildman–Crippen LogP) is 3.24. The maximum atomic E-state index is 12.2. The number of rotatable bonds is 5. The maximum absolute atomic E-state index is 12.2. The van der Waals surface area contributed by atoms with Crippen LogP contribution >= 0.6 is 0 Å². The van der Waals surface area contributed by atoms with E-state index in [1.807, 2.05) is 42.2 Å². The SMILES string of the molecule is CCOC(=O)[C@@H]1CCCN1c1cc(CC)c(-c2ccccc2)nn1. The van der Waals surface area contributed by atoms with Crippen molar-refractivity contribution in [1.29, 1.82) is 0 Å². The Morgan fingerprint density at radius 2 is 2.04 bits per heavy atom. The first-order chi connectivity index (χ1) is 11.7. The van der Waals surface area contributed by atoms with Crippen molar-refractivity contribution in [3.8, 4) is 11.3 Å². The number of anilines is 1. The average molecular weight is 325 g/mol. The molecule has 1 aliphatic heterocycles. The second-order valence-corrected chi connectivity index (χ2v) is 5.90. The summed E-state index contributed by atoms with van der Waals surface area (Å²) < 4.78 is 5.20. The smallest absolute Gasteiger partial charge is 0.328 e. The Morgan fingerprint density at radius 1 is 1.25 bits per heavy atom. The summed E-state index contributed by atoms with van der Waals surface area (Å²) in [4.78, 5) is 14.2. The molecule has 0 N–H and O–H groups in total. The van der Waals surface area contributed by atoms with E-state index in [1.165, 1.54) is 0 Å². The van der Waals surface area contributed by atoms with Crippen molar-refractivity contribution in [2.75, 3.05) is 18.1 Å². The summed E-state index contributed by atoms with van der Waals surface area (Å²) in [6.45, 7) is 5.16. The van der Waals surface area contributed by atoms with E-state index in [1.54, 1.807) is 0 Å². The summed E-state index contributed by atoms with van der Waals surface area (Å²) in [5, 5.41) is 8.87. The van der Waals surface area contributed by atoms with Crippen LogP contribution in [0, 0.1) is 0 Å². The van der Waals surface area contributed by atoms with Crippen LogP contribution in [0.1, 0.15) is 32.3 Å². The Kier molecular flexibility index (Phi) is 5.08. The van der Waals surface area contributed by atoms with Crippen LogP contribution in [0.5, 0.6) is 0 Å². The minimum absolute atomic E-state index is 0.165. The van der Waals surface area contributed by atoms with Crippen LogP contribution in [0.15, 0.2) is 36.4 Å². The van der Waals surface area contributed by atoms with E-state index in [9.17, 15) is 4.79 Å². The fourth-order valence-electron chi connectivity index (χ4n) is 3.19. The number of aryl methyl sites for hydroxylation is 1. The number of carbonyl (C=O) groups excluding carboxylic acids is 1. The summed E-state index contributed by atoms with van der Waals surface area (Å²) in [7, 11) is 0. The molecule has 1 aliphatic rings. The molecule has 0 spiro atoms. The van der Waals surface area contributed by atoms with Gasteiger partial charge < -0.3 is 9.64 Å². The van der Waals surface area contributed by atoms with Gasteiger partial charge in [-0.25, -0.2) is 4.79 Å². The van der Waals surface area contributed by atoms with Crippen molar-refractivity contribution in [2.24, 2.45) is 0 Å². The van der Waals surface area contributed by atoms with Gasteiger partial charge in [-0.2, -0.15) is 0 Å². The highest BCUT2D eigenvalue weighted by Gasteiger charge is 2.33. The Bertz CT molecular complexity index is 703. The Labute approximate surface area is 142 Å². The number of carbonyl (C=O) groups is 1.